The SMILES string of the molecule is CCCCCCCCCCc1cnc(C2c3cc[c]cc3CC2CCCCCCCC)nc1. The number of fused-ring (bicyclic) bond motifs is 1. The lowest BCUT2D eigenvalue weighted by Gasteiger charge is -2.19. The Morgan fingerprint density at radius 2 is 1.39 bits per heavy atom. The van der Waals surface area contributed by atoms with Crippen LogP contribution in [0.15, 0.2) is 30.6 Å². The van der Waals surface area contributed by atoms with Crippen LogP contribution in [0.2, 0.25) is 0 Å². The van der Waals surface area contributed by atoms with Crippen LogP contribution in [0.3, 0.4) is 0 Å². The number of hydrogen-bond donors (Lipinski definition) is 0. The van der Waals surface area contributed by atoms with Gasteiger partial charge < -0.3 is 0 Å². The van der Waals surface area contributed by atoms with Gasteiger partial charge in [0.2, 0.25) is 0 Å². The molecule has 0 spiro atoms. The van der Waals surface area contributed by atoms with Crippen molar-refractivity contribution in [1.82, 2.24) is 9.97 Å². The lowest BCUT2D eigenvalue weighted by molar-refractivity contribution is 0.424. The largest absolute Gasteiger partial charge is 0.240 e. The number of aromatic nitrogens is 2. The molecule has 0 amide bonds. The summed E-state index contributed by atoms with van der Waals surface area (Å²) >= 11 is 0. The van der Waals surface area contributed by atoms with Crippen molar-refractivity contribution in [2.24, 2.45) is 5.92 Å². The van der Waals surface area contributed by atoms with Crippen LogP contribution < -0.4 is 0 Å². The molecule has 0 aliphatic heterocycles. The summed E-state index contributed by atoms with van der Waals surface area (Å²) in [6, 6.07) is 9.81. The Labute approximate surface area is 204 Å². The van der Waals surface area contributed by atoms with Crippen molar-refractivity contribution >= 4 is 0 Å². The average molecular weight is 448 g/mol. The summed E-state index contributed by atoms with van der Waals surface area (Å²) in [5.74, 6) is 2.04. The van der Waals surface area contributed by atoms with Gasteiger partial charge in [0.15, 0.2) is 0 Å². The molecule has 1 radical (unpaired) electrons. The van der Waals surface area contributed by atoms with Crippen molar-refractivity contribution in [1.29, 1.82) is 0 Å². The molecule has 0 saturated heterocycles. The molecular formula is C31H47N2. The molecule has 181 valence electrons. The quantitative estimate of drug-likeness (QED) is 0.226. The van der Waals surface area contributed by atoms with Crippen LogP contribution in [0, 0.1) is 12.0 Å². The van der Waals surface area contributed by atoms with E-state index in [0.717, 1.165) is 18.7 Å². The molecule has 0 N–H and O–H groups in total. The first-order chi connectivity index (χ1) is 16.3. The number of benzene rings is 1. The van der Waals surface area contributed by atoms with Gasteiger partial charge in [0.05, 0.1) is 0 Å². The minimum atomic E-state index is 0.363. The molecule has 1 aromatic heterocycles. The molecule has 0 fully saturated rings. The molecule has 2 nitrogen and oxygen atoms in total. The Hall–Kier alpha value is -1.70. The third-order valence-corrected chi connectivity index (χ3v) is 7.53. The highest BCUT2D eigenvalue weighted by molar-refractivity contribution is 5.39. The summed E-state index contributed by atoms with van der Waals surface area (Å²) in [6.07, 6.45) is 26.9. The number of hydrogen-bond acceptors (Lipinski definition) is 2. The van der Waals surface area contributed by atoms with E-state index in [2.05, 4.69) is 50.5 Å². The fraction of sp³-hybridized carbons (Fsp3) is 0.677. The topological polar surface area (TPSA) is 25.8 Å². The molecule has 1 aliphatic carbocycles. The van der Waals surface area contributed by atoms with E-state index in [1.807, 2.05) is 0 Å². The zero-order chi connectivity index (χ0) is 23.1. The summed E-state index contributed by atoms with van der Waals surface area (Å²) in [7, 11) is 0. The Morgan fingerprint density at radius 1 is 0.788 bits per heavy atom. The summed E-state index contributed by atoms with van der Waals surface area (Å²) in [6.45, 7) is 4.57. The van der Waals surface area contributed by atoms with Crippen molar-refractivity contribution in [2.45, 2.75) is 129 Å². The van der Waals surface area contributed by atoms with Crippen LogP contribution >= 0.6 is 0 Å². The Kier molecular flexibility index (Phi) is 12.0. The van der Waals surface area contributed by atoms with E-state index in [1.165, 1.54) is 113 Å². The molecule has 0 bridgehead atoms. The summed E-state index contributed by atoms with van der Waals surface area (Å²) in [4.78, 5) is 9.81. The second kappa shape index (κ2) is 15.3. The Bertz CT molecular complexity index is 767. The predicted octanol–water partition coefficient (Wildman–Crippen LogP) is 9.01. The number of aryl methyl sites for hydroxylation is 1. The molecule has 2 heteroatoms. The van der Waals surface area contributed by atoms with Gasteiger partial charge in [0, 0.05) is 18.3 Å². The highest BCUT2D eigenvalue weighted by Crippen LogP contribution is 2.43. The van der Waals surface area contributed by atoms with E-state index in [4.69, 9.17) is 9.97 Å². The second-order valence-corrected chi connectivity index (χ2v) is 10.3. The van der Waals surface area contributed by atoms with Crippen molar-refractivity contribution in [2.75, 3.05) is 0 Å². The first kappa shape index (κ1) is 25.9. The lowest BCUT2D eigenvalue weighted by Crippen LogP contribution is -2.13. The highest BCUT2D eigenvalue weighted by Gasteiger charge is 2.34. The molecule has 33 heavy (non-hydrogen) atoms. The minimum absolute atomic E-state index is 0.363. The maximum Gasteiger partial charge on any atom is 0.135 e. The maximum absolute atomic E-state index is 4.91. The number of rotatable bonds is 17. The second-order valence-electron chi connectivity index (χ2n) is 10.3. The monoisotopic (exact) mass is 447 g/mol. The molecule has 2 unspecified atom stereocenters. The molecule has 2 aromatic rings. The Balaban J connectivity index is 1.49. The van der Waals surface area contributed by atoms with E-state index < -0.39 is 0 Å². The van der Waals surface area contributed by atoms with Crippen molar-refractivity contribution in [3.8, 4) is 0 Å². The van der Waals surface area contributed by atoms with Gasteiger partial charge in [-0.15, -0.1) is 0 Å². The van der Waals surface area contributed by atoms with Crippen LogP contribution in [0.1, 0.15) is 139 Å². The van der Waals surface area contributed by atoms with E-state index in [1.54, 1.807) is 0 Å². The van der Waals surface area contributed by atoms with Crippen LogP contribution in [-0.4, -0.2) is 9.97 Å². The molecule has 2 atom stereocenters. The molecular weight excluding hydrogens is 400 g/mol. The molecule has 1 heterocycles. The standard InChI is InChI=1S/C31H47N2/c1-3-5-7-9-11-12-13-15-19-26-24-32-31(33-25-26)30-28(21-16-14-10-8-6-4-2)23-27-20-17-18-22-29(27)30/h18,20,22,24-25,28,30H,3-16,19,21,23H2,1-2H3. The van der Waals surface area contributed by atoms with E-state index in [9.17, 15) is 0 Å². The van der Waals surface area contributed by atoms with Gasteiger partial charge in [0.1, 0.15) is 5.82 Å². The first-order valence-electron chi connectivity index (χ1n) is 14.1. The fourth-order valence-electron chi connectivity index (χ4n) is 5.53. The predicted molar refractivity (Wildman–Crippen MR) is 141 cm³/mol. The fourth-order valence-corrected chi connectivity index (χ4v) is 5.53. The summed E-state index contributed by atoms with van der Waals surface area (Å²) in [5.41, 5.74) is 4.21. The van der Waals surface area contributed by atoms with Crippen molar-refractivity contribution < 1.29 is 0 Å². The number of nitrogens with zero attached hydrogens (tertiary/aromatic N) is 2. The average Bonchev–Trinajstić information content (AvgIpc) is 3.21. The smallest absolute Gasteiger partial charge is 0.135 e. The summed E-state index contributed by atoms with van der Waals surface area (Å²) in [5, 5.41) is 0. The van der Waals surface area contributed by atoms with Crippen molar-refractivity contribution in [3.05, 3.63) is 59.2 Å². The normalized spacial score (nSPS) is 17.4. The zero-order valence-electron chi connectivity index (χ0n) is 21.5. The minimum Gasteiger partial charge on any atom is -0.240 e. The van der Waals surface area contributed by atoms with Gasteiger partial charge in [-0.05, 0) is 54.4 Å². The number of unbranched alkanes of at least 4 members (excludes halogenated alkanes) is 12. The van der Waals surface area contributed by atoms with Crippen LogP contribution in [0.25, 0.3) is 0 Å². The zero-order valence-corrected chi connectivity index (χ0v) is 21.5. The first-order valence-corrected chi connectivity index (χ1v) is 14.1. The van der Waals surface area contributed by atoms with Gasteiger partial charge in [-0.2, -0.15) is 0 Å². The van der Waals surface area contributed by atoms with E-state index >= 15 is 0 Å². The van der Waals surface area contributed by atoms with Gasteiger partial charge >= 0.3 is 0 Å². The third kappa shape index (κ3) is 8.54. The molecule has 1 aliphatic rings. The highest BCUT2D eigenvalue weighted by atomic mass is 14.9. The Morgan fingerprint density at radius 3 is 2.06 bits per heavy atom. The summed E-state index contributed by atoms with van der Waals surface area (Å²) < 4.78 is 0. The van der Waals surface area contributed by atoms with Crippen molar-refractivity contribution in [3.63, 3.8) is 0 Å². The van der Waals surface area contributed by atoms with E-state index in [-0.39, 0.29) is 0 Å². The van der Waals surface area contributed by atoms with E-state index in [0.29, 0.717) is 11.8 Å². The van der Waals surface area contributed by atoms with Crippen LogP contribution in [0.5, 0.6) is 0 Å². The van der Waals surface area contributed by atoms with Gasteiger partial charge in [-0.1, -0.05) is 116 Å². The molecule has 1 aromatic carbocycles. The van der Waals surface area contributed by atoms with Gasteiger partial charge in [-0.25, -0.2) is 9.97 Å². The van der Waals surface area contributed by atoms with Crippen LogP contribution in [-0.2, 0) is 12.8 Å². The molecule has 3 rings (SSSR count). The van der Waals surface area contributed by atoms with Gasteiger partial charge in [0.25, 0.3) is 0 Å². The third-order valence-electron chi connectivity index (χ3n) is 7.53. The maximum atomic E-state index is 4.91. The lowest BCUT2D eigenvalue weighted by atomic mass is 9.87. The van der Waals surface area contributed by atoms with Crippen LogP contribution in [0.4, 0.5) is 0 Å². The van der Waals surface area contributed by atoms with Gasteiger partial charge in [-0.3, -0.25) is 0 Å². The molecule has 0 saturated carbocycles.